The Kier molecular flexibility index (Phi) is 8.88. The second-order valence-electron chi connectivity index (χ2n) is 9.02. The third-order valence-electron chi connectivity index (χ3n) is 7.36. The molecular formula is C26H39NO5. The van der Waals surface area contributed by atoms with E-state index < -0.39 is 5.79 Å². The first-order valence-electron chi connectivity index (χ1n) is 11.8. The largest absolute Gasteiger partial charge is 0.469 e. The molecule has 0 radical (unpaired) electrons. The number of aliphatic hydroxyl groups excluding tert-OH is 1. The summed E-state index contributed by atoms with van der Waals surface area (Å²) in [5.74, 6) is -0.793. The predicted octanol–water partition coefficient (Wildman–Crippen LogP) is 3.82. The van der Waals surface area contributed by atoms with Gasteiger partial charge in [0.2, 0.25) is 0 Å². The van der Waals surface area contributed by atoms with E-state index in [1.54, 1.807) is 14.2 Å². The monoisotopic (exact) mass is 445 g/mol. The lowest BCUT2D eigenvalue weighted by atomic mass is 9.88. The van der Waals surface area contributed by atoms with Gasteiger partial charge in [-0.2, -0.15) is 0 Å². The van der Waals surface area contributed by atoms with Crippen LogP contribution in [0.5, 0.6) is 0 Å². The Morgan fingerprint density at radius 1 is 1.16 bits per heavy atom. The molecule has 6 nitrogen and oxygen atoms in total. The molecule has 32 heavy (non-hydrogen) atoms. The number of hydrogen-bond donors (Lipinski definition) is 1. The lowest BCUT2D eigenvalue weighted by Gasteiger charge is -2.36. The van der Waals surface area contributed by atoms with Gasteiger partial charge in [0.15, 0.2) is 5.79 Å². The number of ether oxygens (including phenoxy) is 3. The summed E-state index contributed by atoms with van der Waals surface area (Å²) in [5.41, 5.74) is 1.18. The van der Waals surface area contributed by atoms with Crippen molar-refractivity contribution >= 4 is 5.97 Å². The number of hydrogen-bond acceptors (Lipinski definition) is 6. The van der Waals surface area contributed by atoms with Gasteiger partial charge in [0.25, 0.3) is 0 Å². The van der Waals surface area contributed by atoms with Crippen LogP contribution in [0.4, 0.5) is 0 Å². The van der Waals surface area contributed by atoms with E-state index in [0.717, 1.165) is 58.0 Å². The minimum Gasteiger partial charge on any atom is -0.469 e. The van der Waals surface area contributed by atoms with Crippen LogP contribution in [0.1, 0.15) is 56.9 Å². The average molecular weight is 446 g/mol. The maximum absolute atomic E-state index is 11.2. The van der Waals surface area contributed by atoms with E-state index in [1.165, 1.54) is 12.7 Å². The van der Waals surface area contributed by atoms with Crippen LogP contribution in [0.25, 0.3) is 0 Å². The van der Waals surface area contributed by atoms with Crippen LogP contribution in [0.3, 0.4) is 0 Å². The van der Waals surface area contributed by atoms with Crippen molar-refractivity contribution in [1.82, 2.24) is 4.90 Å². The van der Waals surface area contributed by atoms with Gasteiger partial charge in [-0.25, -0.2) is 0 Å². The zero-order valence-electron chi connectivity index (χ0n) is 19.8. The van der Waals surface area contributed by atoms with Crippen LogP contribution in [0.15, 0.2) is 42.5 Å². The number of rotatable bonds is 13. The van der Waals surface area contributed by atoms with Crippen LogP contribution >= 0.6 is 0 Å². The number of likely N-dealkylation sites (tertiary alicyclic amines) is 1. The number of esters is 1. The summed E-state index contributed by atoms with van der Waals surface area (Å²) in [4.78, 5) is 13.6. The zero-order valence-corrected chi connectivity index (χ0v) is 19.8. The van der Waals surface area contributed by atoms with Crippen molar-refractivity contribution in [2.45, 2.75) is 74.7 Å². The SMILES string of the molecule is COC(=O)CCCC=CCC1N(CCC(O)C2(c3ccccc3)CC2)CCC1(OC)OC. The van der Waals surface area contributed by atoms with Gasteiger partial charge >= 0.3 is 5.97 Å². The topological polar surface area (TPSA) is 68.2 Å². The van der Waals surface area contributed by atoms with E-state index in [4.69, 9.17) is 9.47 Å². The molecule has 2 unspecified atom stereocenters. The van der Waals surface area contributed by atoms with E-state index in [-0.39, 0.29) is 23.5 Å². The minimum atomic E-state index is -0.627. The Bertz CT molecular complexity index is 742. The Balaban J connectivity index is 1.56. The number of methoxy groups -OCH3 is 3. The lowest BCUT2D eigenvalue weighted by Crippen LogP contribution is -2.48. The molecule has 2 aliphatic rings. The van der Waals surface area contributed by atoms with Crippen molar-refractivity contribution in [3.05, 3.63) is 48.0 Å². The van der Waals surface area contributed by atoms with Crippen molar-refractivity contribution in [2.75, 3.05) is 34.4 Å². The molecule has 2 atom stereocenters. The van der Waals surface area contributed by atoms with Gasteiger partial charge in [0.05, 0.1) is 19.3 Å². The van der Waals surface area contributed by atoms with Gasteiger partial charge in [0, 0.05) is 45.6 Å². The molecule has 0 aromatic heterocycles. The molecule has 0 spiro atoms. The third kappa shape index (κ3) is 5.60. The fraction of sp³-hybridized carbons (Fsp3) is 0.654. The fourth-order valence-corrected chi connectivity index (χ4v) is 5.15. The minimum absolute atomic E-state index is 0.0738. The number of carbonyl (C=O) groups is 1. The molecule has 178 valence electrons. The maximum Gasteiger partial charge on any atom is 0.305 e. The van der Waals surface area contributed by atoms with Gasteiger partial charge < -0.3 is 19.3 Å². The third-order valence-corrected chi connectivity index (χ3v) is 7.36. The van der Waals surface area contributed by atoms with Crippen molar-refractivity contribution in [2.24, 2.45) is 0 Å². The summed E-state index contributed by atoms with van der Waals surface area (Å²) in [5, 5.41) is 11.1. The lowest BCUT2D eigenvalue weighted by molar-refractivity contribution is -0.218. The standard InChI is InChI=1S/C26H39NO5/c1-30-24(29)14-10-5-4-9-13-22-26(31-2,32-3)18-20-27(22)19-15-23(28)25(16-17-25)21-11-7-6-8-12-21/h4,6-9,11-12,22-23,28H,5,10,13-20H2,1-3H3. The average Bonchev–Trinajstić information content (AvgIpc) is 3.57. The van der Waals surface area contributed by atoms with E-state index in [2.05, 4.69) is 46.1 Å². The van der Waals surface area contributed by atoms with Crippen LogP contribution in [0.2, 0.25) is 0 Å². The van der Waals surface area contributed by atoms with Crippen molar-refractivity contribution in [1.29, 1.82) is 0 Å². The maximum atomic E-state index is 11.2. The molecule has 1 saturated carbocycles. The Labute approximate surface area is 192 Å². The van der Waals surface area contributed by atoms with Gasteiger partial charge in [-0.3, -0.25) is 9.69 Å². The molecule has 6 heteroatoms. The van der Waals surface area contributed by atoms with E-state index in [0.29, 0.717) is 6.42 Å². The highest BCUT2D eigenvalue weighted by Crippen LogP contribution is 2.52. The molecule has 1 saturated heterocycles. The van der Waals surface area contributed by atoms with Crippen LogP contribution in [-0.4, -0.2) is 68.3 Å². The number of aliphatic hydroxyl groups is 1. The molecule has 0 bridgehead atoms. The quantitative estimate of drug-likeness (QED) is 0.215. The molecule has 3 rings (SSSR count). The van der Waals surface area contributed by atoms with Crippen LogP contribution in [0, 0.1) is 0 Å². The summed E-state index contributed by atoms with van der Waals surface area (Å²) in [6, 6.07) is 10.5. The van der Waals surface area contributed by atoms with Gasteiger partial charge in [0.1, 0.15) is 0 Å². The van der Waals surface area contributed by atoms with E-state index in [1.807, 2.05) is 6.07 Å². The summed E-state index contributed by atoms with van der Waals surface area (Å²) < 4.78 is 16.4. The number of nitrogens with zero attached hydrogens (tertiary/aromatic N) is 1. The summed E-state index contributed by atoms with van der Waals surface area (Å²) in [7, 11) is 4.84. The highest BCUT2D eigenvalue weighted by molar-refractivity contribution is 5.69. The van der Waals surface area contributed by atoms with E-state index >= 15 is 0 Å². The molecule has 2 fully saturated rings. The van der Waals surface area contributed by atoms with Crippen molar-refractivity contribution < 1.29 is 24.1 Å². The second-order valence-corrected chi connectivity index (χ2v) is 9.02. The normalized spacial score (nSPS) is 22.8. The Morgan fingerprint density at radius 3 is 2.50 bits per heavy atom. The molecule has 1 heterocycles. The molecule has 1 aliphatic heterocycles. The van der Waals surface area contributed by atoms with Crippen molar-refractivity contribution in [3.8, 4) is 0 Å². The Hall–Kier alpha value is -1.73. The van der Waals surface area contributed by atoms with Crippen molar-refractivity contribution in [3.63, 3.8) is 0 Å². The Morgan fingerprint density at radius 2 is 1.88 bits per heavy atom. The molecule has 1 aromatic carbocycles. The number of allylic oxidation sites excluding steroid dienone is 1. The second kappa shape index (κ2) is 11.4. The fourth-order valence-electron chi connectivity index (χ4n) is 5.15. The molecule has 0 amide bonds. The number of benzene rings is 1. The number of unbranched alkanes of at least 4 members (excludes halogenated alkanes) is 1. The molecule has 1 N–H and O–H groups in total. The van der Waals surface area contributed by atoms with Gasteiger partial charge in [-0.05, 0) is 44.1 Å². The van der Waals surface area contributed by atoms with Gasteiger partial charge in [-0.15, -0.1) is 0 Å². The highest BCUT2D eigenvalue weighted by Gasteiger charge is 2.51. The number of carbonyl (C=O) groups excluding carboxylic acids is 1. The van der Waals surface area contributed by atoms with E-state index in [9.17, 15) is 9.90 Å². The first kappa shape index (κ1) is 24.9. The first-order valence-corrected chi connectivity index (χ1v) is 11.8. The summed E-state index contributed by atoms with van der Waals surface area (Å²) >= 11 is 0. The van der Waals surface area contributed by atoms with Gasteiger partial charge in [-0.1, -0.05) is 42.5 Å². The van der Waals surface area contributed by atoms with Crippen LogP contribution in [-0.2, 0) is 24.4 Å². The summed E-state index contributed by atoms with van der Waals surface area (Å²) in [6.45, 7) is 1.69. The highest BCUT2D eigenvalue weighted by atomic mass is 16.7. The zero-order chi connectivity index (χ0) is 23.0. The smallest absolute Gasteiger partial charge is 0.305 e. The molecule has 1 aliphatic carbocycles. The van der Waals surface area contributed by atoms with Crippen LogP contribution < -0.4 is 0 Å². The first-order chi connectivity index (χ1) is 15.5. The summed E-state index contributed by atoms with van der Waals surface area (Å²) in [6.07, 6.45) is 10.5. The molecular weight excluding hydrogens is 406 g/mol. The molecule has 1 aromatic rings. The predicted molar refractivity (Wildman–Crippen MR) is 124 cm³/mol.